The van der Waals surface area contributed by atoms with Crippen molar-refractivity contribution in [2.45, 2.75) is 6.92 Å². The van der Waals surface area contributed by atoms with E-state index in [-0.39, 0.29) is 5.56 Å². The maximum atomic E-state index is 11.0. The number of aromatic carboxylic acids is 1. The Hall–Kier alpha value is -2.96. The third-order valence-electron chi connectivity index (χ3n) is 3.14. The number of benzene rings is 1. The third-order valence-corrected chi connectivity index (χ3v) is 3.14. The van der Waals surface area contributed by atoms with Gasteiger partial charge in [0.25, 0.3) is 0 Å². The minimum atomic E-state index is -0.962. The molecule has 7 heteroatoms. The van der Waals surface area contributed by atoms with Crippen molar-refractivity contribution in [1.29, 1.82) is 0 Å². The Kier molecular flexibility index (Phi) is 3.02. The summed E-state index contributed by atoms with van der Waals surface area (Å²) in [6.45, 7) is 1.72. The number of nitrogens with zero attached hydrogens (tertiary/aromatic N) is 4. The van der Waals surface area contributed by atoms with Crippen LogP contribution in [0, 0.1) is 6.92 Å². The van der Waals surface area contributed by atoms with Crippen LogP contribution < -0.4 is 4.74 Å². The fourth-order valence-electron chi connectivity index (χ4n) is 2.07. The molecule has 21 heavy (non-hydrogen) atoms. The van der Waals surface area contributed by atoms with Gasteiger partial charge in [0.15, 0.2) is 5.65 Å². The molecule has 0 amide bonds. The van der Waals surface area contributed by atoms with E-state index in [0.717, 1.165) is 0 Å². The highest BCUT2D eigenvalue weighted by atomic mass is 16.5. The van der Waals surface area contributed by atoms with Gasteiger partial charge in [0.1, 0.15) is 17.5 Å². The van der Waals surface area contributed by atoms with Crippen molar-refractivity contribution in [3.05, 3.63) is 41.9 Å². The number of carboxylic acid groups (broad SMARTS) is 1. The first kappa shape index (κ1) is 13.0. The van der Waals surface area contributed by atoms with Gasteiger partial charge in [0.2, 0.25) is 5.88 Å². The molecule has 0 aliphatic carbocycles. The van der Waals surface area contributed by atoms with Crippen molar-refractivity contribution >= 4 is 17.0 Å². The molecule has 2 aromatic heterocycles. The summed E-state index contributed by atoms with van der Waals surface area (Å²) in [5, 5.41) is 13.8. The third kappa shape index (κ3) is 2.29. The summed E-state index contributed by atoms with van der Waals surface area (Å²) in [4.78, 5) is 19.2. The molecular formula is C14H12N4O3. The number of aryl methyl sites for hydroxylation is 2. The Labute approximate surface area is 119 Å². The number of rotatable bonds is 3. The van der Waals surface area contributed by atoms with Gasteiger partial charge in [-0.25, -0.2) is 14.8 Å². The van der Waals surface area contributed by atoms with Crippen molar-refractivity contribution in [2.24, 2.45) is 7.05 Å². The molecule has 0 aliphatic heterocycles. The van der Waals surface area contributed by atoms with Gasteiger partial charge in [0.05, 0.1) is 11.8 Å². The van der Waals surface area contributed by atoms with Gasteiger partial charge in [-0.15, -0.1) is 0 Å². The van der Waals surface area contributed by atoms with E-state index in [2.05, 4.69) is 15.1 Å². The molecular weight excluding hydrogens is 272 g/mol. The minimum absolute atomic E-state index is 0.247. The molecule has 1 N–H and O–H groups in total. The van der Waals surface area contributed by atoms with Crippen LogP contribution in [0.1, 0.15) is 15.9 Å². The van der Waals surface area contributed by atoms with E-state index in [0.29, 0.717) is 28.2 Å². The lowest BCUT2D eigenvalue weighted by molar-refractivity contribution is 0.0696. The van der Waals surface area contributed by atoms with Crippen LogP contribution in [-0.2, 0) is 7.05 Å². The summed E-state index contributed by atoms with van der Waals surface area (Å²) >= 11 is 0. The molecule has 7 nitrogen and oxygen atoms in total. The highest BCUT2D eigenvalue weighted by Crippen LogP contribution is 2.27. The van der Waals surface area contributed by atoms with E-state index in [1.54, 1.807) is 37.0 Å². The van der Waals surface area contributed by atoms with Gasteiger partial charge in [-0.1, -0.05) is 0 Å². The Morgan fingerprint density at radius 1 is 1.33 bits per heavy atom. The molecule has 3 rings (SSSR count). The van der Waals surface area contributed by atoms with Gasteiger partial charge in [-0.05, 0) is 30.7 Å². The molecule has 106 valence electrons. The van der Waals surface area contributed by atoms with Crippen LogP contribution in [0.3, 0.4) is 0 Å². The molecule has 0 bridgehead atoms. The molecule has 0 fully saturated rings. The van der Waals surface area contributed by atoms with Crippen LogP contribution in [0.15, 0.2) is 30.7 Å². The van der Waals surface area contributed by atoms with Gasteiger partial charge in [-0.2, -0.15) is 5.10 Å². The van der Waals surface area contributed by atoms with Crippen molar-refractivity contribution in [1.82, 2.24) is 19.7 Å². The van der Waals surface area contributed by atoms with E-state index in [9.17, 15) is 4.79 Å². The lowest BCUT2D eigenvalue weighted by Crippen LogP contribution is -2.00. The number of hydrogen-bond acceptors (Lipinski definition) is 5. The Morgan fingerprint density at radius 3 is 2.86 bits per heavy atom. The highest BCUT2D eigenvalue weighted by Gasteiger charge is 2.12. The second-order valence-electron chi connectivity index (χ2n) is 4.57. The molecule has 0 saturated carbocycles. The first-order valence-corrected chi connectivity index (χ1v) is 6.21. The summed E-state index contributed by atoms with van der Waals surface area (Å²) in [7, 11) is 1.78. The van der Waals surface area contributed by atoms with Crippen molar-refractivity contribution in [3.63, 3.8) is 0 Å². The van der Waals surface area contributed by atoms with Gasteiger partial charge >= 0.3 is 5.97 Å². The lowest BCUT2D eigenvalue weighted by Gasteiger charge is -2.07. The summed E-state index contributed by atoms with van der Waals surface area (Å²) in [5.41, 5.74) is 1.53. The zero-order chi connectivity index (χ0) is 15.0. The number of fused-ring (bicyclic) bond motifs is 1. The van der Waals surface area contributed by atoms with Crippen LogP contribution in [0.4, 0.5) is 0 Å². The maximum absolute atomic E-state index is 11.0. The van der Waals surface area contributed by atoms with Crippen LogP contribution in [0.5, 0.6) is 11.6 Å². The average molecular weight is 284 g/mol. The molecule has 0 unspecified atom stereocenters. The van der Waals surface area contributed by atoms with Gasteiger partial charge < -0.3 is 9.84 Å². The van der Waals surface area contributed by atoms with E-state index in [1.807, 2.05) is 0 Å². The molecule has 0 atom stereocenters. The van der Waals surface area contributed by atoms with E-state index < -0.39 is 5.97 Å². The Morgan fingerprint density at radius 2 is 2.14 bits per heavy atom. The standard InChI is InChI=1S/C14H12N4O3/c1-8-5-9(3-4-10(8)14(19)20)21-13-11-6-17-18(2)12(11)15-7-16-13/h3-7H,1-2H3,(H,19,20). The lowest BCUT2D eigenvalue weighted by atomic mass is 10.1. The number of carboxylic acids is 1. The highest BCUT2D eigenvalue weighted by molar-refractivity contribution is 5.89. The van der Waals surface area contributed by atoms with Gasteiger partial charge in [0, 0.05) is 7.05 Å². The largest absolute Gasteiger partial charge is 0.478 e. The smallest absolute Gasteiger partial charge is 0.335 e. The molecule has 0 radical (unpaired) electrons. The summed E-state index contributed by atoms with van der Waals surface area (Å²) in [5.74, 6) is -0.0623. The number of ether oxygens (including phenoxy) is 1. The normalized spacial score (nSPS) is 10.8. The molecule has 2 heterocycles. The van der Waals surface area contributed by atoms with E-state index in [4.69, 9.17) is 9.84 Å². The molecule has 3 aromatic rings. The monoisotopic (exact) mass is 284 g/mol. The Balaban J connectivity index is 1.99. The van der Waals surface area contributed by atoms with Crippen LogP contribution in [-0.4, -0.2) is 30.8 Å². The molecule has 1 aromatic carbocycles. The fraction of sp³-hybridized carbons (Fsp3) is 0.143. The molecule has 0 spiro atoms. The molecule has 0 saturated heterocycles. The average Bonchev–Trinajstić information content (AvgIpc) is 2.81. The minimum Gasteiger partial charge on any atom is -0.478 e. The quantitative estimate of drug-likeness (QED) is 0.792. The summed E-state index contributed by atoms with van der Waals surface area (Å²) in [6, 6.07) is 4.77. The Bertz CT molecular complexity index is 841. The number of hydrogen-bond donors (Lipinski definition) is 1. The van der Waals surface area contributed by atoms with E-state index in [1.165, 1.54) is 12.4 Å². The van der Waals surface area contributed by atoms with Crippen LogP contribution in [0.2, 0.25) is 0 Å². The SMILES string of the molecule is Cc1cc(Oc2ncnc3c2cnn3C)ccc1C(=O)O. The number of carbonyl (C=O) groups is 1. The zero-order valence-electron chi connectivity index (χ0n) is 11.4. The van der Waals surface area contributed by atoms with Crippen LogP contribution >= 0.6 is 0 Å². The zero-order valence-corrected chi connectivity index (χ0v) is 11.4. The topological polar surface area (TPSA) is 90.1 Å². The van der Waals surface area contributed by atoms with Crippen molar-refractivity contribution < 1.29 is 14.6 Å². The first-order chi connectivity index (χ1) is 10.1. The second kappa shape index (κ2) is 4.86. The molecule has 0 aliphatic rings. The maximum Gasteiger partial charge on any atom is 0.335 e. The van der Waals surface area contributed by atoms with Crippen LogP contribution in [0.25, 0.3) is 11.0 Å². The number of aromatic nitrogens is 4. The summed E-state index contributed by atoms with van der Waals surface area (Å²) in [6.07, 6.45) is 3.03. The predicted molar refractivity (Wildman–Crippen MR) is 74.5 cm³/mol. The van der Waals surface area contributed by atoms with Crippen molar-refractivity contribution in [2.75, 3.05) is 0 Å². The predicted octanol–water partition coefficient (Wildman–Crippen LogP) is 2.16. The van der Waals surface area contributed by atoms with Gasteiger partial charge in [-0.3, -0.25) is 4.68 Å². The fourth-order valence-corrected chi connectivity index (χ4v) is 2.07. The summed E-state index contributed by atoms with van der Waals surface area (Å²) < 4.78 is 7.35. The van der Waals surface area contributed by atoms with Crippen molar-refractivity contribution in [3.8, 4) is 11.6 Å². The van der Waals surface area contributed by atoms with E-state index >= 15 is 0 Å². The second-order valence-corrected chi connectivity index (χ2v) is 4.57. The first-order valence-electron chi connectivity index (χ1n) is 6.21.